The van der Waals surface area contributed by atoms with Crippen molar-refractivity contribution in [2.45, 2.75) is 116 Å². The van der Waals surface area contributed by atoms with Crippen LogP contribution in [0.4, 0.5) is 0 Å². The van der Waals surface area contributed by atoms with Gasteiger partial charge < -0.3 is 9.74 Å². The lowest BCUT2D eigenvalue weighted by Gasteiger charge is -2.35. The van der Waals surface area contributed by atoms with E-state index < -0.39 is 17.8 Å². The Morgan fingerprint density at radius 2 is 1.72 bits per heavy atom. The van der Waals surface area contributed by atoms with Crippen LogP contribution in [0.15, 0.2) is 0 Å². The van der Waals surface area contributed by atoms with E-state index in [4.69, 9.17) is 4.84 Å². The SMILES string of the molecule is CCCCC(C)N(CCC(C)(CCCC)SCCC(=O)ON1C(=O)CCC1=O)C(=O)CC. The van der Waals surface area contributed by atoms with E-state index in [1.165, 1.54) is 0 Å². The number of rotatable bonds is 16. The molecule has 1 aliphatic heterocycles. The van der Waals surface area contributed by atoms with Crippen molar-refractivity contribution in [3.8, 4) is 0 Å². The van der Waals surface area contributed by atoms with E-state index in [1.807, 2.05) is 11.8 Å². The zero-order valence-electron chi connectivity index (χ0n) is 20.6. The van der Waals surface area contributed by atoms with Gasteiger partial charge in [-0.3, -0.25) is 14.4 Å². The van der Waals surface area contributed by atoms with Crippen molar-refractivity contribution in [2.75, 3.05) is 12.3 Å². The molecule has 2 unspecified atom stereocenters. The summed E-state index contributed by atoms with van der Waals surface area (Å²) in [6.07, 6.45) is 8.11. The van der Waals surface area contributed by atoms with E-state index in [9.17, 15) is 19.2 Å². The van der Waals surface area contributed by atoms with Crippen LogP contribution < -0.4 is 0 Å². The number of imide groups is 1. The number of carbonyl (C=O) groups excluding carboxylic acids is 4. The maximum atomic E-state index is 12.6. The first-order chi connectivity index (χ1) is 15.2. The maximum absolute atomic E-state index is 12.6. The van der Waals surface area contributed by atoms with Crippen molar-refractivity contribution < 1.29 is 24.0 Å². The van der Waals surface area contributed by atoms with Gasteiger partial charge in [0.15, 0.2) is 0 Å². The van der Waals surface area contributed by atoms with E-state index in [0.717, 1.165) is 44.9 Å². The molecule has 0 saturated carbocycles. The molecule has 0 N–H and O–H groups in total. The fourth-order valence-electron chi connectivity index (χ4n) is 3.81. The lowest BCUT2D eigenvalue weighted by atomic mass is 9.98. The highest BCUT2D eigenvalue weighted by atomic mass is 32.2. The summed E-state index contributed by atoms with van der Waals surface area (Å²) in [5.74, 6) is -0.735. The van der Waals surface area contributed by atoms with Gasteiger partial charge in [0, 0.05) is 42.3 Å². The monoisotopic (exact) mass is 470 g/mol. The third-order valence-corrected chi connectivity index (χ3v) is 7.54. The second-order valence-corrected chi connectivity index (χ2v) is 10.6. The van der Waals surface area contributed by atoms with Gasteiger partial charge in [0.25, 0.3) is 11.8 Å². The minimum Gasteiger partial charge on any atom is -0.340 e. The number of nitrogens with zero attached hydrogens (tertiary/aromatic N) is 2. The third-order valence-electron chi connectivity index (χ3n) is 6.03. The molecule has 2 atom stereocenters. The van der Waals surface area contributed by atoms with Crippen molar-refractivity contribution in [3.05, 3.63) is 0 Å². The standard InChI is InChI=1S/C24H42N2O5S/c1-6-9-11-19(4)25(20(27)8-3)17-16-24(5,15-10-7-2)32-18-14-23(30)31-26-21(28)12-13-22(26)29/h19H,6-18H2,1-5H3. The van der Waals surface area contributed by atoms with E-state index in [1.54, 1.807) is 11.8 Å². The summed E-state index contributed by atoms with van der Waals surface area (Å²) in [7, 11) is 0. The fraction of sp³-hybridized carbons (Fsp3) is 0.833. The first-order valence-corrected chi connectivity index (χ1v) is 13.2. The minimum atomic E-state index is -0.560. The lowest BCUT2D eigenvalue weighted by Crippen LogP contribution is -2.41. The molecule has 0 aliphatic carbocycles. The summed E-state index contributed by atoms with van der Waals surface area (Å²) < 4.78 is -0.0632. The number of unbranched alkanes of at least 4 members (excludes halogenated alkanes) is 2. The first-order valence-electron chi connectivity index (χ1n) is 12.2. The summed E-state index contributed by atoms with van der Waals surface area (Å²) in [6, 6.07) is 0.230. The van der Waals surface area contributed by atoms with E-state index in [0.29, 0.717) is 23.8 Å². The highest BCUT2D eigenvalue weighted by molar-refractivity contribution is 8.00. The van der Waals surface area contributed by atoms with Gasteiger partial charge in [0.2, 0.25) is 5.91 Å². The van der Waals surface area contributed by atoms with Gasteiger partial charge in [-0.25, -0.2) is 4.79 Å². The molecular formula is C24H42N2O5S. The van der Waals surface area contributed by atoms with E-state index >= 15 is 0 Å². The van der Waals surface area contributed by atoms with Crippen LogP contribution in [0.5, 0.6) is 0 Å². The minimum absolute atomic E-state index is 0.0632. The summed E-state index contributed by atoms with van der Waals surface area (Å²) in [6.45, 7) is 11.3. The molecule has 0 radical (unpaired) electrons. The molecule has 3 amide bonds. The molecule has 1 aliphatic rings. The summed E-state index contributed by atoms with van der Waals surface area (Å²) in [5, 5.41) is 0.606. The largest absolute Gasteiger partial charge is 0.340 e. The average Bonchev–Trinajstić information content (AvgIpc) is 3.08. The zero-order valence-corrected chi connectivity index (χ0v) is 21.4. The first kappa shape index (κ1) is 28.5. The molecule has 32 heavy (non-hydrogen) atoms. The summed E-state index contributed by atoms with van der Waals surface area (Å²) in [5.41, 5.74) is 0. The zero-order chi connectivity index (χ0) is 24.1. The van der Waals surface area contributed by atoms with Gasteiger partial charge in [-0.1, -0.05) is 53.4 Å². The molecule has 184 valence electrons. The van der Waals surface area contributed by atoms with Crippen LogP contribution in [0.3, 0.4) is 0 Å². The third kappa shape index (κ3) is 9.51. The van der Waals surface area contributed by atoms with Crippen LogP contribution in [0, 0.1) is 0 Å². The Bertz CT molecular complexity index is 626. The Hall–Kier alpha value is -1.57. The van der Waals surface area contributed by atoms with Crippen LogP contribution in [0.2, 0.25) is 0 Å². The van der Waals surface area contributed by atoms with E-state index in [-0.39, 0.29) is 36.0 Å². The van der Waals surface area contributed by atoms with Crippen LogP contribution >= 0.6 is 11.8 Å². The molecule has 0 aromatic carbocycles. The number of amides is 3. The molecule has 1 heterocycles. The quantitative estimate of drug-likeness (QED) is 0.299. The highest BCUT2D eigenvalue weighted by Gasteiger charge is 2.33. The normalized spacial score (nSPS) is 16.7. The maximum Gasteiger partial charge on any atom is 0.334 e. The van der Waals surface area contributed by atoms with Gasteiger partial charge >= 0.3 is 5.97 Å². The lowest BCUT2D eigenvalue weighted by molar-refractivity contribution is -0.197. The van der Waals surface area contributed by atoms with Crippen molar-refractivity contribution in [3.63, 3.8) is 0 Å². The summed E-state index contributed by atoms with van der Waals surface area (Å²) >= 11 is 1.72. The van der Waals surface area contributed by atoms with Crippen molar-refractivity contribution in [1.82, 2.24) is 9.96 Å². The molecule has 0 spiro atoms. The van der Waals surface area contributed by atoms with Crippen LogP contribution in [0.1, 0.15) is 105 Å². The molecule has 7 nitrogen and oxygen atoms in total. The van der Waals surface area contributed by atoms with Gasteiger partial charge in [0.05, 0.1) is 6.42 Å². The summed E-state index contributed by atoms with van der Waals surface area (Å²) in [4.78, 5) is 54.9. The predicted molar refractivity (Wildman–Crippen MR) is 128 cm³/mol. The molecule has 0 aromatic rings. The molecule has 0 aromatic heterocycles. The number of hydrogen-bond donors (Lipinski definition) is 0. The number of carbonyl (C=O) groups is 4. The Labute approximate surface area is 197 Å². The van der Waals surface area contributed by atoms with E-state index in [2.05, 4.69) is 27.7 Å². The Morgan fingerprint density at radius 3 is 2.28 bits per heavy atom. The Kier molecular flexibility index (Phi) is 12.9. The molecule has 1 rings (SSSR count). The molecule has 8 heteroatoms. The second kappa shape index (κ2) is 14.6. The second-order valence-electron chi connectivity index (χ2n) is 8.88. The van der Waals surface area contributed by atoms with Gasteiger partial charge in [-0.2, -0.15) is 11.8 Å². The fourth-order valence-corrected chi connectivity index (χ4v) is 5.10. The number of thioether (sulfide) groups is 1. The van der Waals surface area contributed by atoms with Gasteiger partial charge in [0.1, 0.15) is 0 Å². The van der Waals surface area contributed by atoms with Crippen LogP contribution in [0.25, 0.3) is 0 Å². The topological polar surface area (TPSA) is 84.0 Å². The Balaban J connectivity index is 2.64. The number of hydrogen-bond acceptors (Lipinski definition) is 6. The number of hydroxylamine groups is 2. The predicted octanol–water partition coefficient (Wildman–Crippen LogP) is 4.87. The highest BCUT2D eigenvalue weighted by Crippen LogP contribution is 2.35. The molecule has 0 bridgehead atoms. The van der Waals surface area contributed by atoms with Gasteiger partial charge in [-0.15, -0.1) is 5.06 Å². The van der Waals surface area contributed by atoms with Crippen LogP contribution in [-0.2, 0) is 24.0 Å². The Morgan fingerprint density at radius 1 is 1.09 bits per heavy atom. The van der Waals surface area contributed by atoms with Gasteiger partial charge in [-0.05, 0) is 26.2 Å². The van der Waals surface area contributed by atoms with Crippen molar-refractivity contribution in [2.24, 2.45) is 0 Å². The molecule has 1 saturated heterocycles. The molecular weight excluding hydrogens is 428 g/mol. The molecule has 1 fully saturated rings. The van der Waals surface area contributed by atoms with Crippen LogP contribution in [-0.4, -0.2) is 56.7 Å². The average molecular weight is 471 g/mol. The van der Waals surface area contributed by atoms with Crippen molar-refractivity contribution in [1.29, 1.82) is 0 Å². The smallest absolute Gasteiger partial charge is 0.334 e. The van der Waals surface area contributed by atoms with Crippen molar-refractivity contribution >= 4 is 35.5 Å².